The standard InChI is InChI=1S/C24H29N5O/c1-16-7-18-11-26-29(22-12-25-27(2)15-22)24(18)10-23(16)17-8-19-13-28(14-20(19)9-17)21-3-5-30-6-4-21/h7-8,10-12,15,19-21H,3-6,9,13-14H2,1-2H3/t19-,20+/m1/s1. The van der Waals surface area contributed by atoms with E-state index in [0.717, 1.165) is 36.4 Å². The van der Waals surface area contributed by atoms with Gasteiger partial charge in [0.1, 0.15) is 5.69 Å². The molecular formula is C24H29N5O. The molecule has 2 fully saturated rings. The van der Waals surface area contributed by atoms with Crippen molar-refractivity contribution < 1.29 is 4.74 Å². The molecule has 0 radical (unpaired) electrons. The average Bonchev–Trinajstić information content (AvgIpc) is 3.50. The number of nitrogens with zero attached hydrogens (tertiary/aromatic N) is 5. The number of aryl methyl sites for hydroxylation is 2. The zero-order valence-corrected chi connectivity index (χ0v) is 17.8. The van der Waals surface area contributed by atoms with E-state index in [0.29, 0.717) is 5.92 Å². The van der Waals surface area contributed by atoms with Gasteiger partial charge < -0.3 is 4.74 Å². The Morgan fingerprint density at radius 2 is 1.93 bits per heavy atom. The number of hydrogen-bond acceptors (Lipinski definition) is 4. The van der Waals surface area contributed by atoms with Crippen molar-refractivity contribution in [3.8, 4) is 5.69 Å². The van der Waals surface area contributed by atoms with Crippen LogP contribution in [0.4, 0.5) is 0 Å². The molecule has 0 saturated carbocycles. The smallest absolute Gasteiger partial charge is 0.103 e. The molecule has 0 spiro atoms. The van der Waals surface area contributed by atoms with Gasteiger partial charge in [-0.2, -0.15) is 10.2 Å². The molecule has 2 aromatic heterocycles. The molecule has 6 nitrogen and oxygen atoms in total. The van der Waals surface area contributed by atoms with Crippen LogP contribution in [0.2, 0.25) is 0 Å². The minimum absolute atomic E-state index is 0.696. The molecule has 2 aliphatic heterocycles. The fourth-order valence-electron chi connectivity index (χ4n) is 5.75. The first-order chi connectivity index (χ1) is 14.7. The monoisotopic (exact) mass is 403 g/mol. The summed E-state index contributed by atoms with van der Waals surface area (Å²) in [7, 11) is 1.94. The van der Waals surface area contributed by atoms with E-state index in [-0.39, 0.29) is 0 Å². The van der Waals surface area contributed by atoms with Crippen molar-refractivity contribution in [2.45, 2.75) is 32.2 Å². The normalized spacial score (nSPS) is 25.2. The Morgan fingerprint density at radius 1 is 1.07 bits per heavy atom. The third-order valence-corrected chi connectivity index (χ3v) is 7.32. The van der Waals surface area contributed by atoms with E-state index in [2.05, 4.69) is 40.2 Å². The summed E-state index contributed by atoms with van der Waals surface area (Å²) < 4.78 is 9.39. The first-order valence-corrected chi connectivity index (χ1v) is 11.2. The average molecular weight is 404 g/mol. The highest BCUT2D eigenvalue weighted by Crippen LogP contribution is 2.43. The summed E-state index contributed by atoms with van der Waals surface area (Å²) in [5, 5.41) is 10.1. The van der Waals surface area contributed by atoms with Crippen LogP contribution in [-0.4, -0.2) is 56.8 Å². The van der Waals surface area contributed by atoms with Gasteiger partial charge in [-0.15, -0.1) is 0 Å². The van der Waals surface area contributed by atoms with Crippen LogP contribution in [0, 0.1) is 18.8 Å². The molecule has 4 heterocycles. The summed E-state index contributed by atoms with van der Waals surface area (Å²) in [6.07, 6.45) is 12.0. The highest BCUT2D eigenvalue weighted by molar-refractivity contribution is 5.86. The minimum Gasteiger partial charge on any atom is -0.381 e. The predicted octanol–water partition coefficient (Wildman–Crippen LogP) is 3.58. The largest absolute Gasteiger partial charge is 0.381 e. The van der Waals surface area contributed by atoms with Crippen molar-refractivity contribution in [2.75, 3.05) is 26.3 Å². The number of ether oxygens (including phenoxy) is 1. The quantitative estimate of drug-likeness (QED) is 0.671. The van der Waals surface area contributed by atoms with E-state index in [1.54, 1.807) is 0 Å². The summed E-state index contributed by atoms with van der Waals surface area (Å²) in [6.45, 7) is 6.56. The van der Waals surface area contributed by atoms with Gasteiger partial charge in [-0.1, -0.05) is 6.08 Å². The SMILES string of the molecule is Cc1cc2cnn(-c3cnn(C)c3)c2cc1C1=C[C@@H]2CN(C3CCOCC3)C[C@@H]2C1. The zero-order chi connectivity index (χ0) is 20.2. The van der Waals surface area contributed by atoms with Gasteiger partial charge in [-0.3, -0.25) is 9.58 Å². The number of rotatable bonds is 3. The van der Waals surface area contributed by atoms with Crippen molar-refractivity contribution in [1.82, 2.24) is 24.5 Å². The Balaban J connectivity index is 1.29. The van der Waals surface area contributed by atoms with Crippen molar-refractivity contribution in [1.29, 1.82) is 0 Å². The molecule has 0 unspecified atom stereocenters. The fraction of sp³-hybridized carbons (Fsp3) is 0.500. The van der Waals surface area contributed by atoms with Crippen LogP contribution in [-0.2, 0) is 11.8 Å². The molecule has 0 bridgehead atoms. The van der Waals surface area contributed by atoms with E-state index >= 15 is 0 Å². The highest BCUT2D eigenvalue weighted by Gasteiger charge is 2.39. The minimum atomic E-state index is 0.696. The van der Waals surface area contributed by atoms with Crippen molar-refractivity contribution in [2.24, 2.45) is 18.9 Å². The fourth-order valence-corrected chi connectivity index (χ4v) is 5.75. The molecule has 0 amide bonds. The Bertz CT molecular complexity index is 1120. The van der Waals surface area contributed by atoms with Crippen molar-refractivity contribution in [3.63, 3.8) is 0 Å². The molecule has 1 aromatic carbocycles. The molecule has 2 saturated heterocycles. The highest BCUT2D eigenvalue weighted by atomic mass is 16.5. The number of benzene rings is 1. The molecule has 6 heteroatoms. The maximum atomic E-state index is 5.56. The predicted molar refractivity (Wildman–Crippen MR) is 118 cm³/mol. The lowest BCUT2D eigenvalue weighted by molar-refractivity contribution is 0.0406. The third-order valence-electron chi connectivity index (χ3n) is 7.32. The third kappa shape index (κ3) is 3.01. The van der Waals surface area contributed by atoms with Gasteiger partial charge in [0.25, 0.3) is 0 Å². The Labute approximate surface area is 177 Å². The van der Waals surface area contributed by atoms with E-state index in [9.17, 15) is 0 Å². The Morgan fingerprint density at radius 3 is 2.70 bits per heavy atom. The van der Waals surface area contributed by atoms with Gasteiger partial charge in [-0.25, -0.2) is 4.68 Å². The topological polar surface area (TPSA) is 48.1 Å². The molecule has 156 valence electrons. The van der Waals surface area contributed by atoms with E-state index in [1.807, 2.05) is 35.0 Å². The van der Waals surface area contributed by atoms with Crippen LogP contribution < -0.4 is 0 Å². The van der Waals surface area contributed by atoms with E-state index < -0.39 is 0 Å². The van der Waals surface area contributed by atoms with Gasteiger partial charge in [0.15, 0.2) is 0 Å². The second-order valence-corrected chi connectivity index (χ2v) is 9.27. The molecule has 30 heavy (non-hydrogen) atoms. The van der Waals surface area contributed by atoms with E-state index in [1.165, 1.54) is 54.4 Å². The van der Waals surface area contributed by atoms with Gasteiger partial charge in [-0.05, 0) is 66.9 Å². The number of aromatic nitrogens is 4. The van der Waals surface area contributed by atoms with Gasteiger partial charge in [0, 0.05) is 44.8 Å². The first kappa shape index (κ1) is 18.3. The maximum absolute atomic E-state index is 5.56. The summed E-state index contributed by atoms with van der Waals surface area (Å²) in [6, 6.07) is 5.36. The zero-order valence-electron chi connectivity index (χ0n) is 17.8. The van der Waals surface area contributed by atoms with Crippen LogP contribution in [0.25, 0.3) is 22.2 Å². The molecule has 1 aliphatic carbocycles. The van der Waals surface area contributed by atoms with Crippen LogP contribution in [0.5, 0.6) is 0 Å². The lowest BCUT2D eigenvalue weighted by Crippen LogP contribution is -2.38. The lowest BCUT2D eigenvalue weighted by atomic mass is 9.95. The number of hydrogen-bond donors (Lipinski definition) is 0. The second-order valence-electron chi connectivity index (χ2n) is 9.27. The Hall–Kier alpha value is -2.44. The maximum Gasteiger partial charge on any atom is 0.103 e. The summed E-state index contributed by atoms with van der Waals surface area (Å²) in [5.74, 6) is 1.46. The molecule has 3 aromatic rings. The number of allylic oxidation sites excluding steroid dienone is 1. The van der Waals surface area contributed by atoms with Gasteiger partial charge in [0.2, 0.25) is 0 Å². The van der Waals surface area contributed by atoms with E-state index in [4.69, 9.17) is 4.74 Å². The first-order valence-electron chi connectivity index (χ1n) is 11.2. The molecule has 6 rings (SSSR count). The number of fused-ring (bicyclic) bond motifs is 2. The van der Waals surface area contributed by atoms with Crippen LogP contribution >= 0.6 is 0 Å². The van der Waals surface area contributed by atoms with Crippen molar-refractivity contribution >= 4 is 16.5 Å². The van der Waals surface area contributed by atoms with Crippen LogP contribution in [0.3, 0.4) is 0 Å². The molecular weight excluding hydrogens is 374 g/mol. The summed E-state index contributed by atoms with van der Waals surface area (Å²) in [5.41, 5.74) is 6.42. The van der Waals surface area contributed by atoms with Gasteiger partial charge in [0.05, 0.1) is 24.1 Å². The number of likely N-dealkylation sites (tertiary alicyclic amines) is 1. The summed E-state index contributed by atoms with van der Waals surface area (Å²) >= 11 is 0. The second kappa shape index (κ2) is 7.06. The van der Waals surface area contributed by atoms with Gasteiger partial charge >= 0.3 is 0 Å². The Kier molecular flexibility index (Phi) is 4.32. The van der Waals surface area contributed by atoms with Crippen LogP contribution in [0.15, 0.2) is 36.8 Å². The molecule has 0 N–H and O–H groups in total. The van der Waals surface area contributed by atoms with Crippen molar-refractivity contribution in [3.05, 3.63) is 47.9 Å². The van der Waals surface area contributed by atoms with Crippen LogP contribution in [0.1, 0.15) is 30.4 Å². The lowest BCUT2D eigenvalue weighted by Gasteiger charge is -2.31. The summed E-state index contributed by atoms with van der Waals surface area (Å²) in [4.78, 5) is 2.73. The molecule has 3 aliphatic rings. The molecule has 2 atom stereocenters.